The van der Waals surface area contributed by atoms with Gasteiger partial charge in [-0.1, -0.05) is 61.0 Å². The molecule has 6 heteroatoms. The van der Waals surface area contributed by atoms with Crippen molar-refractivity contribution in [2.75, 3.05) is 0 Å². The molecule has 0 saturated carbocycles. The van der Waals surface area contributed by atoms with Crippen molar-refractivity contribution in [3.05, 3.63) is 82.4 Å². The molecule has 0 bridgehead atoms. The number of aliphatic hydroxyl groups is 1. The Hall–Kier alpha value is -2.63. The molecule has 0 aromatic heterocycles. The van der Waals surface area contributed by atoms with Crippen LogP contribution in [0.25, 0.3) is 22.3 Å². The van der Waals surface area contributed by atoms with Gasteiger partial charge in [0.1, 0.15) is 0 Å². The van der Waals surface area contributed by atoms with Crippen LogP contribution in [0.1, 0.15) is 34.8 Å². The number of rotatable bonds is 3. The number of benzene rings is 3. The van der Waals surface area contributed by atoms with E-state index < -0.39 is 11.8 Å². The van der Waals surface area contributed by atoms with Crippen LogP contribution in [0.15, 0.2) is 60.7 Å². The van der Waals surface area contributed by atoms with E-state index in [4.69, 9.17) is 11.6 Å². The van der Waals surface area contributed by atoms with Crippen molar-refractivity contribution in [2.45, 2.75) is 25.1 Å². The van der Waals surface area contributed by atoms with E-state index in [-0.39, 0.29) is 21.9 Å². The van der Waals surface area contributed by atoms with Crippen LogP contribution in [0, 0.1) is 0 Å². The maximum atomic E-state index is 14.0. The Bertz CT molecular complexity index is 1140. The quantitative estimate of drug-likeness (QED) is 0.503. The SMILES string of the molecule is CCC(=O)c1ccc(-c2ccc3c(c2)C(O)(C(F)(F)F)c2ccccc2-3)cc1Cl. The van der Waals surface area contributed by atoms with Crippen LogP contribution < -0.4 is 0 Å². The molecule has 0 saturated heterocycles. The van der Waals surface area contributed by atoms with Crippen LogP contribution in [-0.2, 0) is 5.60 Å². The molecule has 0 fully saturated rings. The fraction of sp³-hybridized carbons (Fsp3) is 0.174. The zero-order valence-corrected chi connectivity index (χ0v) is 16.1. The Kier molecular flexibility index (Phi) is 4.56. The largest absolute Gasteiger partial charge is 0.425 e. The lowest BCUT2D eigenvalue weighted by atomic mass is 9.89. The first kappa shape index (κ1) is 19.7. The minimum Gasteiger partial charge on any atom is -0.372 e. The molecule has 0 spiro atoms. The number of carbonyl (C=O) groups excluding carboxylic acids is 1. The average Bonchev–Trinajstić information content (AvgIpc) is 2.97. The van der Waals surface area contributed by atoms with Crippen molar-refractivity contribution in [1.82, 2.24) is 0 Å². The summed E-state index contributed by atoms with van der Waals surface area (Å²) in [4.78, 5) is 11.9. The van der Waals surface area contributed by atoms with Gasteiger partial charge in [-0.15, -0.1) is 0 Å². The second kappa shape index (κ2) is 6.71. The third-order valence-electron chi connectivity index (χ3n) is 5.35. The number of fused-ring (bicyclic) bond motifs is 3. The molecule has 0 aliphatic heterocycles. The minimum absolute atomic E-state index is 0.114. The monoisotopic (exact) mass is 416 g/mol. The molecule has 29 heavy (non-hydrogen) atoms. The Morgan fingerprint density at radius 3 is 2.24 bits per heavy atom. The van der Waals surface area contributed by atoms with Gasteiger partial charge in [-0.3, -0.25) is 4.79 Å². The molecule has 1 atom stereocenters. The highest BCUT2D eigenvalue weighted by atomic mass is 35.5. The van der Waals surface area contributed by atoms with Crippen LogP contribution in [0.2, 0.25) is 5.02 Å². The van der Waals surface area contributed by atoms with Gasteiger partial charge in [-0.2, -0.15) is 13.2 Å². The Balaban J connectivity index is 1.89. The second-order valence-corrected chi connectivity index (χ2v) is 7.39. The van der Waals surface area contributed by atoms with Crippen molar-refractivity contribution in [3.63, 3.8) is 0 Å². The molecular formula is C23H16ClF3O2. The van der Waals surface area contributed by atoms with E-state index in [1.54, 1.807) is 49.4 Å². The van der Waals surface area contributed by atoms with E-state index in [0.717, 1.165) is 0 Å². The molecule has 1 N–H and O–H groups in total. The Morgan fingerprint density at radius 2 is 1.59 bits per heavy atom. The number of carbonyl (C=O) groups is 1. The summed E-state index contributed by atoms with van der Waals surface area (Å²) >= 11 is 6.22. The standard InChI is InChI=1S/C23H16ClF3O2/c1-2-21(28)17-10-8-14(12-20(17)24)13-7-9-16-15-5-3-4-6-18(15)22(29,19(16)11-13)23(25,26)27/h3-12,29H,2H2,1H3. The maximum Gasteiger partial charge on any atom is 0.425 e. The molecule has 3 aromatic carbocycles. The van der Waals surface area contributed by atoms with Crippen molar-refractivity contribution in [1.29, 1.82) is 0 Å². The smallest absolute Gasteiger partial charge is 0.372 e. The zero-order valence-electron chi connectivity index (χ0n) is 15.3. The number of hydrogen-bond donors (Lipinski definition) is 1. The highest BCUT2D eigenvalue weighted by Gasteiger charge is 2.60. The first-order chi connectivity index (χ1) is 13.7. The van der Waals surface area contributed by atoms with Gasteiger partial charge in [0.15, 0.2) is 5.78 Å². The molecule has 0 amide bonds. The first-order valence-corrected chi connectivity index (χ1v) is 9.43. The molecular weight excluding hydrogens is 401 g/mol. The van der Waals surface area contributed by atoms with Gasteiger partial charge in [0.25, 0.3) is 0 Å². The van der Waals surface area contributed by atoms with Crippen LogP contribution in [0.4, 0.5) is 13.2 Å². The minimum atomic E-state index is -4.89. The summed E-state index contributed by atoms with van der Waals surface area (Å²) in [5.74, 6) is -0.114. The van der Waals surface area contributed by atoms with E-state index in [1.165, 1.54) is 18.2 Å². The van der Waals surface area contributed by atoms with Gasteiger partial charge >= 0.3 is 6.18 Å². The lowest BCUT2D eigenvalue weighted by Crippen LogP contribution is -2.41. The van der Waals surface area contributed by atoms with Crippen LogP contribution in [0.3, 0.4) is 0 Å². The third kappa shape index (κ3) is 2.88. The summed E-state index contributed by atoms with van der Waals surface area (Å²) < 4.78 is 41.9. The normalized spacial score (nSPS) is 17.7. The van der Waals surface area contributed by atoms with E-state index in [0.29, 0.717) is 34.2 Å². The second-order valence-electron chi connectivity index (χ2n) is 6.99. The summed E-state index contributed by atoms with van der Waals surface area (Å²) in [6, 6.07) is 15.4. The molecule has 0 radical (unpaired) electrons. The van der Waals surface area contributed by atoms with Gasteiger partial charge in [-0.25, -0.2) is 0 Å². The number of ketones is 1. The zero-order chi connectivity index (χ0) is 21.0. The third-order valence-corrected chi connectivity index (χ3v) is 5.66. The number of Topliss-reactive ketones (excluding diaryl/α,β-unsaturated/α-hetero) is 1. The van der Waals surface area contributed by atoms with Crippen LogP contribution >= 0.6 is 11.6 Å². The van der Waals surface area contributed by atoms with Gasteiger partial charge in [0.05, 0.1) is 5.02 Å². The van der Waals surface area contributed by atoms with Crippen molar-refractivity contribution < 1.29 is 23.1 Å². The van der Waals surface area contributed by atoms with Gasteiger partial charge in [0.2, 0.25) is 5.60 Å². The molecule has 1 aliphatic carbocycles. The highest BCUT2D eigenvalue weighted by molar-refractivity contribution is 6.34. The fourth-order valence-corrected chi connectivity index (χ4v) is 4.14. The van der Waals surface area contributed by atoms with Crippen LogP contribution in [-0.4, -0.2) is 17.1 Å². The molecule has 2 nitrogen and oxygen atoms in total. The summed E-state index contributed by atoms with van der Waals surface area (Å²) in [6.07, 6.45) is -4.59. The summed E-state index contributed by atoms with van der Waals surface area (Å²) in [5, 5.41) is 11.1. The van der Waals surface area contributed by atoms with Gasteiger partial charge in [0, 0.05) is 23.1 Å². The molecule has 4 rings (SSSR count). The number of hydrogen-bond acceptors (Lipinski definition) is 2. The summed E-state index contributed by atoms with van der Waals surface area (Å²) in [7, 11) is 0. The van der Waals surface area contributed by atoms with Crippen LogP contribution in [0.5, 0.6) is 0 Å². The molecule has 1 unspecified atom stereocenters. The molecule has 0 heterocycles. The Labute approximate surface area is 170 Å². The van der Waals surface area contributed by atoms with Gasteiger partial charge in [-0.05, 0) is 40.5 Å². The molecule has 1 aliphatic rings. The Morgan fingerprint density at radius 1 is 0.966 bits per heavy atom. The number of alkyl halides is 3. The highest BCUT2D eigenvalue weighted by Crippen LogP contribution is 2.55. The lowest BCUT2D eigenvalue weighted by Gasteiger charge is -2.28. The van der Waals surface area contributed by atoms with Crippen molar-refractivity contribution in [2.24, 2.45) is 0 Å². The van der Waals surface area contributed by atoms with E-state index in [2.05, 4.69) is 0 Å². The van der Waals surface area contributed by atoms with Gasteiger partial charge < -0.3 is 5.11 Å². The van der Waals surface area contributed by atoms with Crippen molar-refractivity contribution >= 4 is 17.4 Å². The number of halogens is 4. The lowest BCUT2D eigenvalue weighted by molar-refractivity contribution is -0.246. The topological polar surface area (TPSA) is 37.3 Å². The molecule has 148 valence electrons. The van der Waals surface area contributed by atoms with E-state index >= 15 is 0 Å². The van der Waals surface area contributed by atoms with E-state index in [1.807, 2.05) is 0 Å². The predicted octanol–water partition coefficient (Wildman–Crippen LogP) is 6.38. The maximum absolute atomic E-state index is 14.0. The average molecular weight is 417 g/mol. The molecule has 3 aromatic rings. The van der Waals surface area contributed by atoms with Crippen molar-refractivity contribution in [3.8, 4) is 22.3 Å². The summed E-state index contributed by atoms with van der Waals surface area (Å²) in [5.41, 5.74) is -1.38. The van der Waals surface area contributed by atoms with E-state index in [9.17, 15) is 23.1 Å². The predicted molar refractivity (Wildman–Crippen MR) is 106 cm³/mol. The first-order valence-electron chi connectivity index (χ1n) is 9.05. The summed E-state index contributed by atoms with van der Waals surface area (Å²) in [6.45, 7) is 1.72. The fourth-order valence-electron chi connectivity index (χ4n) is 3.85.